The Bertz CT molecular complexity index is 699. The second kappa shape index (κ2) is 6.84. The molecule has 1 fully saturated rings. The fraction of sp³-hybridized carbons (Fsp3) is 0.333. The normalized spacial score (nSPS) is 17.4. The van der Waals surface area contributed by atoms with Crippen LogP contribution in [0.15, 0.2) is 28.8 Å². The third kappa shape index (κ3) is 3.91. The summed E-state index contributed by atoms with van der Waals surface area (Å²) >= 11 is 0. The van der Waals surface area contributed by atoms with Gasteiger partial charge in [-0.3, -0.25) is 10.2 Å². The zero-order valence-corrected chi connectivity index (χ0v) is 12.2. The van der Waals surface area contributed by atoms with Crippen LogP contribution in [0.4, 0.5) is 8.78 Å². The largest absolute Gasteiger partial charge is 0.441 e. The molecule has 0 bridgehead atoms. The summed E-state index contributed by atoms with van der Waals surface area (Å²) in [5, 5.41) is 2.82. The molecule has 0 spiro atoms. The van der Waals surface area contributed by atoms with Crippen LogP contribution in [0.5, 0.6) is 0 Å². The van der Waals surface area contributed by atoms with Crippen molar-refractivity contribution in [2.75, 3.05) is 6.54 Å². The molecule has 1 aliphatic heterocycles. The molecule has 1 amide bonds. The van der Waals surface area contributed by atoms with Crippen LogP contribution in [-0.4, -0.2) is 23.6 Å². The van der Waals surface area contributed by atoms with Crippen molar-refractivity contribution >= 4 is 5.91 Å². The third-order valence-electron chi connectivity index (χ3n) is 3.49. The quantitative estimate of drug-likeness (QED) is 0.777. The first-order valence-corrected chi connectivity index (χ1v) is 7.30. The number of rotatable bonds is 5. The van der Waals surface area contributed by atoms with Gasteiger partial charge in [0.2, 0.25) is 5.91 Å². The first-order valence-electron chi connectivity index (χ1n) is 7.30. The molecular weight excluding hydrogens is 306 g/mol. The van der Waals surface area contributed by atoms with E-state index >= 15 is 0 Å². The molecule has 1 aromatic carbocycles. The predicted octanol–water partition coefficient (Wildman–Crippen LogP) is 1.49. The highest BCUT2D eigenvalue weighted by molar-refractivity contribution is 5.76. The van der Waals surface area contributed by atoms with E-state index in [-0.39, 0.29) is 29.8 Å². The maximum Gasteiger partial charge on any atom is 0.221 e. The number of nitrogens with zero attached hydrogens (tertiary/aromatic N) is 1. The summed E-state index contributed by atoms with van der Waals surface area (Å²) in [6, 6.07) is 3.23. The average Bonchev–Trinajstić information content (AvgIpc) is 3.17. The summed E-state index contributed by atoms with van der Waals surface area (Å²) in [5.74, 6) is -0.960. The van der Waals surface area contributed by atoms with Crippen LogP contribution < -0.4 is 16.2 Å². The van der Waals surface area contributed by atoms with Crippen LogP contribution in [0.1, 0.15) is 18.7 Å². The first kappa shape index (κ1) is 15.6. The molecule has 0 radical (unpaired) electrons. The summed E-state index contributed by atoms with van der Waals surface area (Å²) in [6.07, 6.45) is 2.62. The van der Waals surface area contributed by atoms with Crippen molar-refractivity contribution < 1.29 is 18.0 Å². The standard InChI is InChI=1S/C15H16F2N4O2/c16-9-1-2-10(11(17)7-9)12-8-18-15(23-12)4-3-14(22)20-13-5-6-19-21-13/h1-2,7-8,13,19,21H,3-6H2,(H,20,22). The van der Waals surface area contributed by atoms with Crippen molar-refractivity contribution in [1.82, 2.24) is 21.2 Å². The Morgan fingerprint density at radius 3 is 3.04 bits per heavy atom. The fourth-order valence-electron chi connectivity index (χ4n) is 2.32. The van der Waals surface area contributed by atoms with Gasteiger partial charge in [0.25, 0.3) is 0 Å². The van der Waals surface area contributed by atoms with Gasteiger partial charge < -0.3 is 9.73 Å². The van der Waals surface area contributed by atoms with E-state index in [0.29, 0.717) is 12.3 Å². The summed E-state index contributed by atoms with van der Waals surface area (Å²) in [4.78, 5) is 15.8. The molecule has 2 heterocycles. The highest BCUT2D eigenvalue weighted by atomic mass is 19.1. The molecule has 1 atom stereocenters. The van der Waals surface area contributed by atoms with Gasteiger partial charge in [-0.25, -0.2) is 19.2 Å². The third-order valence-corrected chi connectivity index (χ3v) is 3.49. The predicted molar refractivity (Wildman–Crippen MR) is 77.9 cm³/mol. The van der Waals surface area contributed by atoms with Crippen LogP contribution in [0, 0.1) is 11.6 Å². The molecule has 8 heteroatoms. The molecule has 1 aromatic heterocycles. The van der Waals surface area contributed by atoms with Gasteiger partial charge in [-0.1, -0.05) is 0 Å². The Kier molecular flexibility index (Phi) is 4.63. The Labute approximate surface area is 131 Å². The van der Waals surface area contributed by atoms with E-state index in [9.17, 15) is 13.6 Å². The number of aromatic nitrogens is 1. The molecular formula is C15H16F2N4O2. The first-order chi connectivity index (χ1) is 11.1. The maximum atomic E-state index is 13.7. The zero-order valence-electron chi connectivity index (χ0n) is 12.2. The lowest BCUT2D eigenvalue weighted by Gasteiger charge is -2.11. The fourth-order valence-corrected chi connectivity index (χ4v) is 2.32. The monoisotopic (exact) mass is 322 g/mol. The van der Waals surface area contributed by atoms with Crippen LogP contribution in [0.2, 0.25) is 0 Å². The highest BCUT2D eigenvalue weighted by Gasteiger charge is 2.17. The van der Waals surface area contributed by atoms with Crippen molar-refractivity contribution in [3.8, 4) is 11.3 Å². The number of hydrogen-bond donors (Lipinski definition) is 3. The van der Waals surface area contributed by atoms with E-state index in [2.05, 4.69) is 21.2 Å². The summed E-state index contributed by atoms with van der Waals surface area (Å²) in [5.41, 5.74) is 5.99. The lowest BCUT2D eigenvalue weighted by atomic mass is 10.2. The number of oxazole rings is 1. The molecule has 23 heavy (non-hydrogen) atoms. The molecule has 2 aromatic rings. The number of amides is 1. The average molecular weight is 322 g/mol. The van der Waals surface area contributed by atoms with Crippen molar-refractivity contribution in [2.24, 2.45) is 0 Å². The van der Waals surface area contributed by atoms with Gasteiger partial charge in [0.1, 0.15) is 11.6 Å². The molecule has 1 saturated heterocycles. The van der Waals surface area contributed by atoms with Gasteiger partial charge in [0.15, 0.2) is 11.7 Å². The highest BCUT2D eigenvalue weighted by Crippen LogP contribution is 2.24. The maximum absolute atomic E-state index is 13.7. The van der Waals surface area contributed by atoms with Crippen LogP contribution >= 0.6 is 0 Å². The van der Waals surface area contributed by atoms with Crippen LogP contribution in [0.3, 0.4) is 0 Å². The summed E-state index contributed by atoms with van der Waals surface area (Å²) in [6.45, 7) is 0.803. The zero-order chi connectivity index (χ0) is 16.2. The number of benzene rings is 1. The van der Waals surface area contributed by atoms with Gasteiger partial charge in [0.05, 0.1) is 17.9 Å². The lowest BCUT2D eigenvalue weighted by molar-refractivity contribution is -0.122. The SMILES string of the molecule is O=C(CCc1ncc(-c2ccc(F)cc2F)o1)NC1CCNN1. The van der Waals surface area contributed by atoms with E-state index in [1.54, 1.807) is 0 Å². The number of carbonyl (C=O) groups excluding carboxylic acids is 1. The second-order valence-corrected chi connectivity index (χ2v) is 5.22. The molecule has 6 nitrogen and oxygen atoms in total. The van der Waals surface area contributed by atoms with E-state index in [4.69, 9.17) is 4.42 Å². The Morgan fingerprint density at radius 1 is 1.43 bits per heavy atom. The Balaban J connectivity index is 1.57. The van der Waals surface area contributed by atoms with Crippen molar-refractivity contribution in [3.05, 3.63) is 41.9 Å². The van der Waals surface area contributed by atoms with Crippen molar-refractivity contribution in [1.29, 1.82) is 0 Å². The summed E-state index contributed by atoms with van der Waals surface area (Å²) in [7, 11) is 0. The van der Waals surface area contributed by atoms with E-state index < -0.39 is 11.6 Å². The number of aryl methyl sites for hydroxylation is 1. The van der Waals surface area contributed by atoms with Crippen LogP contribution in [0.25, 0.3) is 11.3 Å². The number of hydrazine groups is 1. The minimum atomic E-state index is -0.717. The summed E-state index contributed by atoms with van der Waals surface area (Å²) < 4.78 is 32.0. The van der Waals surface area contributed by atoms with E-state index in [1.807, 2.05) is 0 Å². The number of nitrogens with one attached hydrogen (secondary N) is 3. The van der Waals surface area contributed by atoms with Gasteiger partial charge in [-0.2, -0.15) is 0 Å². The van der Waals surface area contributed by atoms with Gasteiger partial charge in [-0.05, 0) is 18.6 Å². The number of carbonyl (C=O) groups is 1. The molecule has 3 N–H and O–H groups in total. The second-order valence-electron chi connectivity index (χ2n) is 5.22. The molecule has 0 saturated carbocycles. The molecule has 1 unspecified atom stereocenters. The van der Waals surface area contributed by atoms with Gasteiger partial charge in [-0.15, -0.1) is 0 Å². The molecule has 0 aliphatic carbocycles. The van der Waals surface area contributed by atoms with Crippen molar-refractivity contribution in [3.63, 3.8) is 0 Å². The van der Waals surface area contributed by atoms with E-state index in [0.717, 1.165) is 25.1 Å². The smallest absolute Gasteiger partial charge is 0.221 e. The Hall–Kier alpha value is -2.32. The van der Waals surface area contributed by atoms with E-state index in [1.165, 1.54) is 12.3 Å². The molecule has 1 aliphatic rings. The topological polar surface area (TPSA) is 79.2 Å². The molecule has 3 rings (SSSR count). The van der Waals surface area contributed by atoms with Gasteiger partial charge >= 0.3 is 0 Å². The van der Waals surface area contributed by atoms with Crippen LogP contribution in [-0.2, 0) is 11.2 Å². The lowest BCUT2D eigenvalue weighted by Crippen LogP contribution is -2.44. The Morgan fingerprint density at radius 2 is 2.30 bits per heavy atom. The number of halogens is 2. The molecule has 122 valence electrons. The minimum absolute atomic E-state index is 0.0732. The van der Waals surface area contributed by atoms with Gasteiger partial charge in [0, 0.05) is 25.5 Å². The number of hydrogen-bond acceptors (Lipinski definition) is 5. The minimum Gasteiger partial charge on any atom is -0.441 e. The van der Waals surface area contributed by atoms with Crippen molar-refractivity contribution in [2.45, 2.75) is 25.4 Å².